The lowest BCUT2D eigenvalue weighted by Gasteiger charge is -1.98. The first-order valence-electron chi connectivity index (χ1n) is 4.97. The average Bonchev–Trinajstić information content (AvgIpc) is 2.78. The molecule has 0 aliphatic heterocycles. The predicted octanol–water partition coefficient (Wildman–Crippen LogP) is 0.710. The molecule has 0 fully saturated rings. The first kappa shape index (κ1) is 11.2. The highest BCUT2D eigenvalue weighted by Gasteiger charge is 2.08. The number of nitro benzene ring substituents is 1. The van der Waals surface area contributed by atoms with Crippen molar-refractivity contribution in [2.24, 2.45) is 0 Å². The second kappa shape index (κ2) is 4.71. The van der Waals surface area contributed by atoms with Crippen LogP contribution in [0.4, 0.5) is 5.69 Å². The Morgan fingerprint density at radius 1 is 1.47 bits per heavy atom. The van der Waals surface area contributed by atoms with Gasteiger partial charge in [0.05, 0.1) is 22.5 Å². The molecule has 88 valence electrons. The number of nitro groups is 1. The monoisotopic (exact) mass is 234 g/mol. The smallest absolute Gasteiger partial charge is 0.271 e. The maximum Gasteiger partial charge on any atom is 0.271 e. The lowest BCUT2D eigenvalue weighted by atomic mass is 10.3. The van der Waals surface area contributed by atoms with E-state index in [-0.39, 0.29) is 12.3 Å². The van der Waals surface area contributed by atoms with Gasteiger partial charge in [0, 0.05) is 25.2 Å². The van der Waals surface area contributed by atoms with Crippen molar-refractivity contribution in [3.63, 3.8) is 0 Å². The molecule has 0 bridgehead atoms. The third-order valence-electron chi connectivity index (χ3n) is 2.21. The normalized spacial score (nSPS) is 10.4. The summed E-state index contributed by atoms with van der Waals surface area (Å²) in [6.45, 7) is -0.00632. The minimum Gasteiger partial charge on any atom is -0.396 e. The molecule has 0 amide bonds. The van der Waals surface area contributed by atoms with Crippen LogP contribution in [0.2, 0.25) is 0 Å². The Hall–Kier alpha value is -2.28. The van der Waals surface area contributed by atoms with E-state index in [1.165, 1.54) is 16.8 Å². The average molecular weight is 234 g/mol. The molecule has 7 heteroatoms. The second-order valence-electron chi connectivity index (χ2n) is 3.41. The molecule has 17 heavy (non-hydrogen) atoms. The number of hydrogen-bond acceptors (Lipinski definition) is 5. The van der Waals surface area contributed by atoms with Gasteiger partial charge in [0.25, 0.3) is 5.69 Å². The van der Waals surface area contributed by atoms with Crippen LogP contribution in [0.3, 0.4) is 0 Å². The number of nitrogens with zero attached hydrogens (tertiary/aromatic N) is 4. The fourth-order valence-electron chi connectivity index (χ4n) is 1.40. The van der Waals surface area contributed by atoms with Crippen LogP contribution in [0.15, 0.2) is 30.5 Å². The lowest BCUT2D eigenvalue weighted by molar-refractivity contribution is -0.384. The number of hydrogen-bond donors (Lipinski definition) is 1. The summed E-state index contributed by atoms with van der Waals surface area (Å²) in [6, 6.07) is 6.11. The zero-order valence-corrected chi connectivity index (χ0v) is 8.85. The Labute approximate surface area is 96.5 Å². The predicted molar refractivity (Wildman–Crippen MR) is 58.8 cm³/mol. The van der Waals surface area contributed by atoms with Crippen LogP contribution in [0.1, 0.15) is 5.69 Å². The van der Waals surface area contributed by atoms with Gasteiger partial charge in [-0.15, -0.1) is 5.10 Å². The molecular formula is C10H10N4O3. The summed E-state index contributed by atoms with van der Waals surface area (Å²) in [4.78, 5) is 10.2. The first-order chi connectivity index (χ1) is 8.20. The maximum absolute atomic E-state index is 10.6. The summed E-state index contributed by atoms with van der Waals surface area (Å²) in [6.07, 6.45) is 2.05. The molecule has 7 nitrogen and oxygen atoms in total. The van der Waals surface area contributed by atoms with E-state index in [4.69, 9.17) is 5.11 Å². The molecule has 0 spiro atoms. The number of aliphatic hydroxyl groups excluding tert-OH is 1. The first-order valence-corrected chi connectivity index (χ1v) is 4.97. The van der Waals surface area contributed by atoms with E-state index in [0.29, 0.717) is 17.8 Å². The number of benzene rings is 1. The van der Waals surface area contributed by atoms with Crippen molar-refractivity contribution in [3.05, 3.63) is 46.3 Å². The van der Waals surface area contributed by atoms with Gasteiger partial charge in [-0.1, -0.05) is 11.3 Å². The molecule has 0 aliphatic carbocycles. The van der Waals surface area contributed by atoms with E-state index in [0.717, 1.165) is 0 Å². The van der Waals surface area contributed by atoms with E-state index in [2.05, 4.69) is 10.3 Å². The zero-order valence-electron chi connectivity index (χ0n) is 8.85. The Balaban J connectivity index is 2.32. The van der Waals surface area contributed by atoms with Crippen LogP contribution in [-0.2, 0) is 6.42 Å². The van der Waals surface area contributed by atoms with Gasteiger partial charge in [-0.2, -0.15) is 0 Å². The van der Waals surface area contributed by atoms with Gasteiger partial charge in [0.1, 0.15) is 0 Å². The summed E-state index contributed by atoms with van der Waals surface area (Å²) in [5.74, 6) is 0. The third kappa shape index (κ3) is 2.45. The summed E-state index contributed by atoms with van der Waals surface area (Å²) >= 11 is 0. The van der Waals surface area contributed by atoms with Gasteiger partial charge in [-0.25, -0.2) is 4.68 Å². The van der Waals surface area contributed by atoms with Crippen molar-refractivity contribution in [3.8, 4) is 5.69 Å². The Morgan fingerprint density at radius 3 is 3.00 bits per heavy atom. The van der Waals surface area contributed by atoms with Crippen molar-refractivity contribution in [2.75, 3.05) is 6.61 Å². The summed E-state index contributed by atoms with van der Waals surface area (Å²) in [5, 5.41) is 27.0. The van der Waals surface area contributed by atoms with Gasteiger partial charge >= 0.3 is 0 Å². The third-order valence-corrected chi connectivity index (χ3v) is 2.21. The second-order valence-corrected chi connectivity index (χ2v) is 3.41. The summed E-state index contributed by atoms with van der Waals surface area (Å²) in [5.41, 5.74) is 1.21. The fourth-order valence-corrected chi connectivity index (χ4v) is 1.40. The molecule has 1 N–H and O–H groups in total. The van der Waals surface area contributed by atoms with Crippen molar-refractivity contribution in [1.82, 2.24) is 15.0 Å². The van der Waals surface area contributed by atoms with Crippen molar-refractivity contribution >= 4 is 5.69 Å². The van der Waals surface area contributed by atoms with Crippen LogP contribution < -0.4 is 0 Å². The fraction of sp³-hybridized carbons (Fsp3) is 0.200. The van der Waals surface area contributed by atoms with Crippen LogP contribution >= 0.6 is 0 Å². The molecule has 0 atom stereocenters. The van der Waals surface area contributed by atoms with Gasteiger partial charge in [0.2, 0.25) is 0 Å². The molecule has 2 aromatic rings. The molecule has 0 saturated heterocycles. The molecule has 1 aromatic carbocycles. The van der Waals surface area contributed by atoms with Gasteiger partial charge in [-0.3, -0.25) is 10.1 Å². The summed E-state index contributed by atoms with van der Waals surface area (Å²) in [7, 11) is 0. The summed E-state index contributed by atoms with van der Waals surface area (Å²) < 4.78 is 1.44. The van der Waals surface area contributed by atoms with Gasteiger partial charge < -0.3 is 5.11 Å². The Kier molecular flexibility index (Phi) is 3.10. The van der Waals surface area contributed by atoms with Crippen LogP contribution in [-0.4, -0.2) is 31.6 Å². The van der Waals surface area contributed by atoms with Gasteiger partial charge in [-0.05, 0) is 6.07 Å². The number of aliphatic hydroxyl groups is 1. The van der Waals surface area contributed by atoms with Crippen LogP contribution in [0.25, 0.3) is 5.69 Å². The van der Waals surface area contributed by atoms with E-state index in [1.807, 2.05) is 0 Å². The minimum atomic E-state index is -0.463. The van der Waals surface area contributed by atoms with E-state index < -0.39 is 4.92 Å². The topological polar surface area (TPSA) is 94.1 Å². The lowest BCUT2D eigenvalue weighted by Crippen LogP contribution is -1.96. The van der Waals surface area contributed by atoms with Crippen molar-refractivity contribution in [1.29, 1.82) is 0 Å². The largest absolute Gasteiger partial charge is 0.396 e. The van der Waals surface area contributed by atoms with E-state index in [1.54, 1.807) is 18.3 Å². The highest BCUT2D eigenvalue weighted by atomic mass is 16.6. The Morgan fingerprint density at radius 2 is 2.29 bits per heavy atom. The van der Waals surface area contributed by atoms with Crippen LogP contribution in [0, 0.1) is 10.1 Å². The van der Waals surface area contributed by atoms with E-state index >= 15 is 0 Å². The highest BCUT2D eigenvalue weighted by Crippen LogP contribution is 2.15. The van der Waals surface area contributed by atoms with E-state index in [9.17, 15) is 10.1 Å². The molecule has 0 saturated carbocycles. The maximum atomic E-state index is 10.6. The molecule has 0 radical (unpaired) electrons. The zero-order chi connectivity index (χ0) is 12.3. The molecule has 0 aliphatic rings. The van der Waals surface area contributed by atoms with Gasteiger partial charge in [0.15, 0.2) is 0 Å². The molecular weight excluding hydrogens is 224 g/mol. The number of aromatic nitrogens is 3. The SMILES string of the molecule is O=[N+]([O-])c1cccc(-n2cc(CCO)nn2)c1. The molecule has 2 rings (SSSR count). The highest BCUT2D eigenvalue weighted by molar-refractivity contribution is 5.42. The minimum absolute atomic E-state index is 0.00158. The standard InChI is InChI=1S/C10H10N4O3/c15-5-4-8-7-13(12-11-8)9-2-1-3-10(6-9)14(16)17/h1-3,6-7,15H,4-5H2. The molecule has 1 heterocycles. The van der Waals surface area contributed by atoms with Crippen LogP contribution in [0.5, 0.6) is 0 Å². The number of non-ortho nitro benzene ring substituents is 1. The molecule has 1 aromatic heterocycles. The quantitative estimate of drug-likeness (QED) is 0.621. The Bertz CT molecular complexity index is 538. The van der Waals surface area contributed by atoms with Crippen molar-refractivity contribution < 1.29 is 10.0 Å². The molecule has 0 unspecified atom stereocenters. The van der Waals surface area contributed by atoms with Crippen molar-refractivity contribution in [2.45, 2.75) is 6.42 Å². The number of rotatable bonds is 4.